The van der Waals surface area contributed by atoms with E-state index in [-0.39, 0.29) is 17.0 Å². The van der Waals surface area contributed by atoms with Crippen LogP contribution in [0.1, 0.15) is 22.0 Å². The maximum absolute atomic E-state index is 15.5. The van der Waals surface area contributed by atoms with Gasteiger partial charge in [-0.15, -0.1) is 11.3 Å². The summed E-state index contributed by atoms with van der Waals surface area (Å²) in [6, 6.07) is 20.7. The maximum Gasteiger partial charge on any atom is 0.342 e. The zero-order valence-corrected chi connectivity index (χ0v) is 19.8. The first-order chi connectivity index (χ1) is 16.9. The van der Waals surface area contributed by atoms with Crippen LogP contribution in [0, 0.1) is 5.82 Å². The van der Waals surface area contributed by atoms with E-state index in [2.05, 4.69) is 24.1 Å². The van der Waals surface area contributed by atoms with Crippen LogP contribution in [0.5, 0.6) is 0 Å². The number of fused-ring (bicyclic) bond motifs is 5. The van der Waals surface area contributed by atoms with Gasteiger partial charge in [0.25, 0.3) is 0 Å². The van der Waals surface area contributed by atoms with E-state index in [9.17, 15) is 14.7 Å². The minimum Gasteiger partial charge on any atom is -0.477 e. The first kappa shape index (κ1) is 21.8. The smallest absolute Gasteiger partial charge is 0.342 e. The number of rotatable bonds is 3. The quantitative estimate of drug-likeness (QED) is 0.388. The fraction of sp³-hybridized carbons (Fsp3) is 0.185. The summed E-state index contributed by atoms with van der Waals surface area (Å²) in [6.45, 7) is 1.99. The predicted molar refractivity (Wildman–Crippen MR) is 137 cm³/mol. The standard InChI is InChI=1S/C27H22FN3O3S/c1-29-11-12-30(15-22(29)16-7-3-2-4-8-16)21-14-20-17(13-18(21)28)25(32)24(27(33)34)26-31(20)19-9-5-6-10-23(19)35-26/h2-10,13-14,22H,11-12,15H2,1H3,(H,33,34). The van der Waals surface area contributed by atoms with Gasteiger partial charge in [-0.2, -0.15) is 0 Å². The number of aromatic nitrogens is 1. The number of pyridine rings is 1. The van der Waals surface area contributed by atoms with Gasteiger partial charge in [-0.05, 0) is 36.9 Å². The number of para-hydroxylation sites is 1. The summed E-state index contributed by atoms with van der Waals surface area (Å²) >= 11 is 1.26. The number of carboxylic acids is 1. The summed E-state index contributed by atoms with van der Waals surface area (Å²) in [7, 11) is 2.07. The third-order valence-corrected chi connectivity index (χ3v) is 8.04. The van der Waals surface area contributed by atoms with E-state index in [1.165, 1.54) is 17.4 Å². The molecule has 1 fully saturated rings. The second-order valence-electron chi connectivity index (χ2n) is 8.89. The highest BCUT2D eigenvalue weighted by atomic mass is 32.1. The van der Waals surface area contributed by atoms with Gasteiger partial charge in [0.1, 0.15) is 16.2 Å². The fourth-order valence-electron chi connectivity index (χ4n) is 5.10. The van der Waals surface area contributed by atoms with E-state index in [0.29, 0.717) is 29.1 Å². The Morgan fingerprint density at radius 2 is 1.77 bits per heavy atom. The van der Waals surface area contributed by atoms with Gasteiger partial charge in [0.2, 0.25) is 5.43 Å². The average Bonchev–Trinajstić information content (AvgIpc) is 3.24. The number of hydrogen-bond donors (Lipinski definition) is 1. The van der Waals surface area contributed by atoms with Crippen LogP contribution < -0.4 is 10.3 Å². The lowest BCUT2D eigenvalue weighted by Crippen LogP contribution is -2.47. The van der Waals surface area contributed by atoms with Crippen LogP contribution in [0.2, 0.25) is 0 Å². The van der Waals surface area contributed by atoms with Crippen molar-refractivity contribution in [3.05, 3.63) is 93.9 Å². The van der Waals surface area contributed by atoms with Gasteiger partial charge in [-0.1, -0.05) is 42.5 Å². The first-order valence-corrected chi connectivity index (χ1v) is 12.2. The molecule has 1 unspecified atom stereocenters. The number of halogens is 1. The average molecular weight is 488 g/mol. The fourth-order valence-corrected chi connectivity index (χ4v) is 6.29. The monoisotopic (exact) mass is 487 g/mol. The van der Waals surface area contributed by atoms with Crippen LogP contribution >= 0.6 is 11.3 Å². The van der Waals surface area contributed by atoms with Gasteiger partial charge in [0, 0.05) is 19.6 Å². The number of aromatic carboxylic acids is 1. The van der Waals surface area contributed by atoms with Crippen molar-refractivity contribution < 1.29 is 14.3 Å². The van der Waals surface area contributed by atoms with Crippen molar-refractivity contribution in [2.45, 2.75) is 6.04 Å². The first-order valence-electron chi connectivity index (χ1n) is 11.4. The van der Waals surface area contributed by atoms with Gasteiger partial charge in [-0.25, -0.2) is 9.18 Å². The number of thiazole rings is 1. The molecule has 35 heavy (non-hydrogen) atoms. The highest BCUT2D eigenvalue weighted by molar-refractivity contribution is 7.24. The molecular formula is C27H22FN3O3S. The maximum atomic E-state index is 15.5. The third-order valence-electron chi connectivity index (χ3n) is 6.89. The van der Waals surface area contributed by atoms with Crippen LogP contribution in [-0.4, -0.2) is 47.1 Å². The Balaban J connectivity index is 1.58. The van der Waals surface area contributed by atoms with Crippen molar-refractivity contribution in [3.63, 3.8) is 0 Å². The molecule has 1 atom stereocenters. The Morgan fingerprint density at radius 1 is 1.03 bits per heavy atom. The van der Waals surface area contributed by atoms with Crippen molar-refractivity contribution in [1.29, 1.82) is 0 Å². The van der Waals surface area contributed by atoms with Crippen molar-refractivity contribution in [1.82, 2.24) is 9.30 Å². The zero-order chi connectivity index (χ0) is 24.3. The van der Waals surface area contributed by atoms with Crippen LogP contribution in [0.4, 0.5) is 10.1 Å². The number of nitrogens with zero attached hydrogens (tertiary/aromatic N) is 3. The zero-order valence-electron chi connectivity index (χ0n) is 18.9. The number of carboxylic acid groups (broad SMARTS) is 1. The van der Waals surface area contributed by atoms with Gasteiger partial charge >= 0.3 is 5.97 Å². The molecular weight excluding hydrogens is 465 g/mol. The van der Waals surface area contributed by atoms with Crippen molar-refractivity contribution >= 4 is 48.9 Å². The molecule has 0 bridgehead atoms. The molecule has 1 N–H and O–H groups in total. The molecule has 176 valence electrons. The van der Waals surface area contributed by atoms with E-state index < -0.39 is 17.2 Å². The number of piperazine rings is 1. The third kappa shape index (κ3) is 3.40. The Bertz CT molecular complexity index is 1680. The van der Waals surface area contributed by atoms with Crippen LogP contribution in [0.3, 0.4) is 0 Å². The van der Waals surface area contributed by atoms with Crippen LogP contribution in [-0.2, 0) is 0 Å². The predicted octanol–water partition coefficient (Wildman–Crippen LogP) is 5.00. The second-order valence-corrected chi connectivity index (χ2v) is 9.92. The molecule has 0 amide bonds. The lowest BCUT2D eigenvalue weighted by atomic mass is 10.0. The molecule has 8 heteroatoms. The van der Waals surface area contributed by atoms with Gasteiger partial charge in [-0.3, -0.25) is 14.1 Å². The molecule has 3 aromatic carbocycles. The number of benzene rings is 3. The number of hydrogen-bond acceptors (Lipinski definition) is 5. The molecule has 1 aliphatic rings. The summed E-state index contributed by atoms with van der Waals surface area (Å²) in [5.74, 6) is -1.84. The van der Waals surface area contributed by atoms with Crippen molar-refractivity contribution in [3.8, 4) is 0 Å². The topological polar surface area (TPSA) is 65.3 Å². The molecule has 1 aliphatic heterocycles. The van der Waals surface area contributed by atoms with E-state index in [1.54, 1.807) is 10.5 Å². The SMILES string of the molecule is CN1CCN(c2cc3c(cc2F)c(=O)c(C(=O)O)c2sc4ccccc4n23)CC1c1ccccc1. The largest absolute Gasteiger partial charge is 0.477 e. The minimum absolute atomic E-state index is 0.0680. The Labute approximate surface area is 204 Å². The van der Waals surface area contributed by atoms with E-state index in [0.717, 1.165) is 22.3 Å². The normalized spacial score (nSPS) is 17.0. The Morgan fingerprint density at radius 3 is 2.54 bits per heavy atom. The number of likely N-dealkylation sites (N-methyl/N-ethyl adjacent to an activating group) is 1. The molecule has 6 nitrogen and oxygen atoms in total. The Kier molecular flexibility index (Phi) is 5.09. The van der Waals surface area contributed by atoms with Crippen molar-refractivity contribution in [2.24, 2.45) is 0 Å². The van der Waals surface area contributed by atoms with Crippen LogP contribution in [0.15, 0.2) is 71.5 Å². The number of carbonyl (C=O) groups is 1. The van der Waals surface area contributed by atoms with E-state index >= 15 is 4.39 Å². The summed E-state index contributed by atoms with van der Waals surface area (Å²) in [5.41, 5.74) is 1.89. The van der Waals surface area contributed by atoms with Crippen LogP contribution in [0.25, 0.3) is 25.9 Å². The van der Waals surface area contributed by atoms with E-state index in [1.807, 2.05) is 47.4 Å². The van der Waals surface area contributed by atoms with Crippen molar-refractivity contribution in [2.75, 3.05) is 31.6 Å². The van der Waals surface area contributed by atoms with E-state index in [4.69, 9.17) is 0 Å². The molecule has 1 saturated heterocycles. The second kappa shape index (κ2) is 8.18. The minimum atomic E-state index is -1.31. The molecule has 5 aromatic rings. The molecule has 0 aliphatic carbocycles. The molecule has 0 radical (unpaired) electrons. The molecule has 3 heterocycles. The summed E-state index contributed by atoms with van der Waals surface area (Å²) in [5, 5.41) is 9.89. The number of anilines is 1. The van der Waals surface area contributed by atoms with Gasteiger partial charge in [0.15, 0.2) is 0 Å². The lowest BCUT2D eigenvalue weighted by Gasteiger charge is -2.41. The highest BCUT2D eigenvalue weighted by Gasteiger charge is 2.29. The summed E-state index contributed by atoms with van der Waals surface area (Å²) < 4.78 is 18.2. The lowest BCUT2D eigenvalue weighted by molar-refractivity contribution is 0.0697. The molecule has 0 saturated carbocycles. The highest BCUT2D eigenvalue weighted by Crippen LogP contribution is 2.35. The Hall–Kier alpha value is -3.75. The summed E-state index contributed by atoms with van der Waals surface area (Å²) in [4.78, 5) is 29.9. The molecule has 6 rings (SSSR count). The molecule has 0 spiro atoms. The van der Waals surface area contributed by atoms with Gasteiger partial charge in [0.05, 0.1) is 32.8 Å². The molecule has 2 aromatic heterocycles. The van der Waals surface area contributed by atoms with Gasteiger partial charge < -0.3 is 10.0 Å². The summed E-state index contributed by atoms with van der Waals surface area (Å²) in [6.07, 6.45) is 0.